The Morgan fingerprint density at radius 3 is 2.89 bits per heavy atom. The SMILES string of the molecule is COc1cccc(COc2ccccc2CN2CCC[C@]3(CCNC3)C2)c1. The predicted molar refractivity (Wildman–Crippen MR) is 108 cm³/mol. The Labute approximate surface area is 162 Å². The Morgan fingerprint density at radius 1 is 1.11 bits per heavy atom. The Kier molecular flexibility index (Phi) is 5.65. The molecular formula is C23H30N2O2. The highest BCUT2D eigenvalue weighted by Crippen LogP contribution is 2.36. The molecule has 4 nitrogen and oxygen atoms in total. The maximum atomic E-state index is 6.19. The summed E-state index contributed by atoms with van der Waals surface area (Å²) >= 11 is 0. The van der Waals surface area contributed by atoms with Gasteiger partial charge in [-0.3, -0.25) is 4.90 Å². The summed E-state index contributed by atoms with van der Waals surface area (Å²) in [5.41, 5.74) is 2.90. The molecule has 2 saturated heterocycles. The normalized spacial score (nSPS) is 22.9. The number of nitrogens with one attached hydrogen (secondary N) is 1. The second kappa shape index (κ2) is 8.32. The van der Waals surface area contributed by atoms with Gasteiger partial charge >= 0.3 is 0 Å². The van der Waals surface area contributed by atoms with Crippen molar-refractivity contribution in [3.05, 3.63) is 59.7 Å². The largest absolute Gasteiger partial charge is 0.497 e. The number of para-hydroxylation sites is 1. The molecule has 1 atom stereocenters. The third-order valence-corrected chi connectivity index (χ3v) is 5.97. The average molecular weight is 367 g/mol. The summed E-state index contributed by atoms with van der Waals surface area (Å²) in [7, 11) is 1.69. The number of rotatable bonds is 6. The lowest BCUT2D eigenvalue weighted by Crippen LogP contribution is -2.44. The fourth-order valence-electron chi connectivity index (χ4n) is 4.53. The molecule has 0 unspecified atom stereocenters. The molecule has 4 heteroatoms. The van der Waals surface area contributed by atoms with Gasteiger partial charge in [-0.15, -0.1) is 0 Å². The lowest BCUT2D eigenvalue weighted by molar-refractivity contribution is 0.0967. The third kappa shape index (κ3) is 4.45. The molecule has 0 bridgehead atoms. The summed E-state index contributed by atoms with van der Waals surface area (Å²) < 4.78 is 11.5. The number of methoxy groups -OCH3 is 1. The van der Waals surface area contributed by atoms with Gasteiger partial charge in [0, 0.05) is 25.2 Å². The summed E-state index contributed by atoms with van der Waals surface area (Å²) in [6.07, 6.45) is 3.98. The van der Waals surface area contributed by atoms with Gasteiger partial charge in [-0.25, -0.2) is 0 Å². The molecule has 1 spiro atoms. The van der Waals surface area contributed by atoms with Gasteiger partial charge in [0.15, 0.2) is 0 Å². The van der Waals surface area contributed by atoms with E-state index in [-0.39, 0.29) is 0 Å². The first kappa shape index (κ1) is 18.3. The van der Waals surface area contributed by atoms with Crippen molar-refractivity contribution in [2.24, 2.45) is 5.41 Å². The van der Waals surface area contributed by atoms with Crippen molar-refractivity contribution < 1.29 is 9.47 Å². The van der Waals surface area contributed by atoms with Crippen molar-refractivity contribution in [1.82, 2.24) is 10.2 Å². The van der Waals surface area contributed by atoms with Gasteiger partial charge in [0.1, 0.15) is 18.1 Å². The van der Waals surface area contributed by atoms with E-state index in [2.05, 4.69) is 40.5 Å². The van der Waals surface area contributed by atoms with E-state index in [9.17, 15) is 0 Å². The standard InChI is InChI=1S/C23H30N2O2/c1-26-21-8-4-6-19(14-21)16-27-22-9-3-2-7-20(22)15-25-13-5-10-23(18-25)11-12-24-17-23/h2-4,6-9,14,24H,5,10-13,15-18H2,1H3/t23-/m1/s1. The van der Waals surface area contributed by atoms with E-state index in [1.165, 1.54) is 51.0 Å². The Bertz CT molecular complexity index is 756. The van der Waals surface area contributed by atoms with Crippen LogP contribution in [0.15, 0.2) is 48.5 Å². The van der Waals surface area contributed by atoms with Crippen molar-refractivity contribution in [2.75, 3.05) is 33.3 Å². The minimum absolute atomic E-state index is 0.495. The number of benzene rings is 2. The van der Waals surface area contributed by atoms with Crippen LogP contribution in [0.1, 0.15) is 30.4 Å². The molecule has 0 amide bonds. The van der Waals surface area contributed by atoms with Crippen LogP contribution in [0.3, 0.4) is 0 Å². The maximum absolute atomic E-state index is 6.19. The van der Waals surface area contributed by atoms with Crippen LogP contribution in [-0.2, 0) is 13.2 Å². The zero-order valence-electron chi connectivity index (χ0n) is 16.2. The Balaban J connectivity index is 1.41. The molecular weight excluding hydrogens is 336 g/mol. The van der Waals surface area contributed by atoms with Gasteiger partial charge in [0.25, 0.3) is 0 Å². The molecule has 2 aromatic rings. The van der Waals surface area contributed by atoms with Crippen LogP contribution in [0.2, 0.25) is 0 Å². The van der Waals surface area contributed by atoms with Gasteiger partial charge in [0.2, 0.25) is 0 Å². The van der Waals surface area contributed by atoms with Crippen molar-refractivity contribution in [1.29, 1.82) is 0 Å². The fraction of sp³-hybridized carbons (Fsp3) is 0.478. The number of piperidine rings is 1. The van der Waals surface area contributed by atoms with E-state index < -0.39 is 0 Å². The molecule has 27 heavy (non-hydrogen) atoms. The quantitative estimate of drug-likeness (QED) is 0.842. The first-order valence-corrected chi connectivity index (χ1v) is 10.0. The zero-order chi connectivity index (χ0) is 18.5. The number of hydrogen-bond acceptors (Lipinski definition) is 4. The number of hydrogen-bond donors (Lipinski definition) is 1. The first-order valence-electron chi connectivity index (χ1n) is 10.0. The second-order valence-electron chi connectivity index (χ2n) is 7.99. The van der Waals surface area contributed by atoms with Gasteiger partial charge in [-0.05, 0) is 61.5 Å². The van der Waals surface area contributed by atoms with Crippen LogP contribution in [0, 0.1) is 5.41 Å². The summed E-state index contributed by atoms with van der Waals surface area (Å²) in [4.78, 5) is 2.62. The fourth-order valence-corrected chi connectivity index (χ4v) is 4.53. The summed E-state index contributed by atoms with van der Waals surface area (Å²) in [6, 6.07) is 16.5. The number of likely N-dealkylation sites (tertiary alicyclic amines) is 1. The molecule has 144 valence electrons. The minimum Gasteiger partial charge on any atom is -0.497 e. The molecule has 2 aromatic carbocycles. The van der Waals surface area contributed by atoms with E-state index in [0.29, 0.717) is 12.0 Å². The third-order valence-electron chi connectivity index (χ3n) is 5.97. The predicted octanol–water partition coefficient (Wildman–Crippen LogP) is 3.85. The van der Waals surface area contributed by atoms with E-state index in [4.69, 9.17) is 9.47 Å². The Hall–Kier alpha value is -2.04. The molecule has 2 fully saturated rings. The topological polar surface area (TPSA) is 33.7 Å². The molecule has 0 aromatic heterocycles. The smallest absolute Gasteiger partial charge is 0.124 e. The molecule has 0 saturated carbocycles. The highest BCUT2D eigenvalue weighted by molar-refractivity contribution is 5.34. The molecule has 2 aliphatic rings. The van der Waals surface area contributed by atoms with Gasteiger partial charge < -0.3 is 14.8 Å². The molecule has 0 radical (unpaired) electrons. The molecule has 2 heterocycles. The van der Waals surface area contributed by atoms with Crippen molar-refractivity contribution >= 4 is 0 Å². The van der Waals surface area contributed by atoms with Gasteiger partial charge in [-0.2, -0.15) is 0 Å². The lowest BCUT2D eigenvalue weighted by Gasteiger charge is -2.40. The Morgan fingerprint density at radius 2 is 2.04 bits per heavy atom. The monoisotopic (exact) mass is 366 g/mol. The van der Waals surface area contributed by atoms with Crippen molar-refractivity contribution in [3.8, 4) is 11.5 Å². The van der Waals surface area contributed by atoms with E-state index in [1.54, 1.807) is 7.11 Å². The molecule has 0 aliphatic carbocycles. The maximum Gasteiger partial charge on any atom is 0.124 e. The van der Waals surface area contributed by atoms with Gasteiger partial charge in [0.05, 0.1) is 7.11 Å². The van der Waals surface area contributed by atoms with Crippen LogP contribution in [0.4, 0.5) is 0 Å². The first-order chi connectivity index (χ1) is 13.3. The molecule has 1 N–H and O–H groups in total. The molecule has 2 aliphatic heterocycles. The average Bonchev–Trinajstić information content (AvgIpc) is 3.15. The van der Waals surface area contributed by atoms with Crippen LogP contribution in [0.5, 0.6) is 11.5 Å². The highest BCUT2D eigenvalue weighted by atomic mass is 16.5. The summed E-state index contributed by atoms with van der Waals surface area (Å²) in [5.74, 6) is 1.86. The minimum atomic E-state index is 0.495. The summed E-state index contributed by atoms with van der Waals surface area (Å²) in [5, 5.41) is 3.56. The van der Waals surface area contributed by atoms with E-state index in [1.807, 2.05) is 18.2 Å². The van der Waals surface area contributed by atoms with E-state index >= 15 is 0 Å². The van der Waals surface area contributed by atoms with Crippen LogP contribution in [0.25, 0.3) is 0 Å². The lowest BCUT2D eigenvalue weighted by atomic mass is 9.79. The second-order valence-corrected chi connectivity index (χ2v) is 7.99. The van der Waals surface area contributed by atoms with Crippen LogP contribution in [-0.4, -0.2) is 38.2 Å². The van der Waals surface area contributed by atoms with Crippen LogP contribution >= 0.6 is 0 Å². The number of ether oxygens (including phenoxy) is 2. The van der Waals surface area contributed by atoms with Gasteiger partial charge in [-0.1, -0.05) is 30.3 Å². The zero-order valence-corrected chi connectivity index (χ0v) is 16.2. The highest BCUT2D eigenvalue weighted by Gasteiger charge is 2.37. The van der Waals surface area contributed by atoms with Crippen molar-refractivity contribution in [3.63, 3.8) is 0 Å². The van der Waals surface area contributed by atoms with Crippen LogP contribution < -0.4 is 14.8 Å². The number of nitrogens with zero attached hydrogens (tertiary/aromatic N) is 1. The molecule has 4 rings (SSSR count). The van der Waals surface area contributed by atoms with Crippen molar-refractivity contribution in [2.45, 2.75) is 32.4 Å². The van der Waals surface area contributed by atoms with E-state index in [0.717, 1.165) is 23.6 Å². The summed E-state index contributed by atoms with van der Waals surface area (Å²) in [6.45, 7) is 6.26.